The highest BCUT2D eigenvalue weighted by molar-refractivity contribution is 5.75. The first kappa shape index (κ1) is 14.0. The quantitative estimate of drug-likeness (QED) is 0.792. The number of carbonyl (C=O) groups is 1. The average molecular weight is 263 g/mol. The van der Waals surface area contributed by atoms with E-state index >= 15 is 0 Å². The van der Waals surface area contributed by atoms with Gasteiger partial charge in [-0.3, -0.25) is 4.79 Å². The van der Waals surface area contributed by atoms with Crippen molar-refractivity contribution in [2.45, 2.75) is 45.1 Å². The van der Waals surface area contributed by atoms with Gasteiger partial charge in [-0.1, -0.05) is 37.8 Å². The first-order chi connectivity index (χ1) is 9.15. The molecule has 1 amide bonds. The number of amides is 1. The van der Waals surface area contributed by atoms with Gasteiger partial charge in [-0.05, 0) is 30.0 Å². The minimum Gasteiger partial charge on any atom is -0.341 e. The van der Waals surface area contributed by atoms with Gasteiger partial charge in [-0.15, -0.1) is 0 Å². The molecule has 19 heavy (non-hydrogen) atoms. The summed E-state index contributed by atoms with van der Waals surface area (Å²) in [5, 5.41) is 0. The SMILES string of the molecule is CN(Cc1cccc(F)c1)C(=O)CCC1CCCC1. The van der Waals surface area contributed by atoms with Crippen molar-refractivity contribution in [1.29, 1.82) is 0 Å². The molecule has 0 unspecified atom stereocenters. The molecule has 1 aliphatic carbocycles. The van der Waals surface area contributed by atoms with Gasteiger partial charge in [-0.2, -0.15) is 0 Å². The van der Waals surface area contributed by atoms with Gasteiger partial charge < -0.3 is 4.90 Å². The molecule has 0 bridgehead atoms. The van der Waals surface area contributed by atoms with E-state index in [0.29, 0.717) is 13.0 Å². The second kappa shape index (κ2) is 6.69. The van der Waals surface area contributed by atoms with Gasteiger partial charge in [0.05, 0.1) is 0 Å². The zero-order valence-corrected chi connectivity index (χ0v) is 11.6. The van der Waals surface area contributed by atoms with Crippen LogP contribution >= 0.6 is 0 Å². The zero-order chi connectivity index (χ0) is 13.7. The van der Waals surface area contributed by atoms with Crippen LogP contribution in [-0.4, -0.2) is 17.9 Å². The third-order valence-electron chi connectivity index (χ3n) is 3.98. The van der Waals surface area contributed by atoms with Crippen molar-refractivity contribution in [2.75, 3.05) is 7.05 Å². The molecule has 1 fully saturated rings. The van der Waals surface area contributed by atoms with Crippen LogP contribution in [0.25, 0.3) is 0 Å². The lowest BCUT2D eigenvalue weighted by Gasteiger charge is -2.18. The molecule has 3 heteroatoms. The zero-order valence-electron chi connectivity index (χ0n) is 11.6. The minimum absolute atomic E-state index is 0.163. The summed E-state index contributed by atoms with van der Waals surface area (Å²) < 4.78 is 13.1. The Morgan fingerprint density at radius 1 is 1.37 bits per heavy atom. The molecular formula is C16H22FNO. The Labute approximate surface area is 114 Å². The van der Waals surface area contributed by atoms with Crippen molar-refractivity contribution in [1.82, 2.24) is 4.90 Å². The van der Waals surface area contributed by atoms with E-state index < -0.39 is 0 Å². The number of carbonyl (C=O) groups excluding carboxylic acids is 1. The van der Waals surface area contributed by atoms with Gasteiger partial charge in [0.15, 0.2) is 0 Å². The maximum Gasteiger partial charge on any atom is 0.222 e. The maximum atomic E-state index is 13.1. The Morgan fingerprint density at radius 3 is 2.79 bits per heavy atom. The number of hydrogen-bond acceptors (Lipinski definition) is 1. The highest BCUT2D eigenvalue weighted by Gasteiger charge is 2.17. The van der Waals surface area contributed by atoms with Gasteiger partial charge in [0.25, 0.3) is 0 Å². The predicted octanol–water partition coefficient (Wildman–Crippen LogP) is 3.75. The first-order valence-electron chi connectivity index (χ1n) is 7.13. The van der Waals surface area contributed by atoms with E-state index in [2.05, 4.69) is 0 Å². The largest absolute Gasteiger partial charge is 0.341 e. The molecule has 0 spiro atoms. The lowest BCUT2D eigenvalue weighted by Crippen LogP contribution is -2.26. The monoisotopic (exact) mass is 263 g/mol. The Bertz CT molecular complexity index is 427. The Morgan fingerprint density at radius 2 is 2.11 bits per heavy atom. The van der Waals surface area contributed by atoms with Gasteiger partial charge in [0.2, 0.25) is 5.91 Å². The molecule has 104 valence electrons. The fraction of sp³-hybridized carbons (Fsp3) is 0.562. The lowest BCUT2D eigenvalue weighted by molar-refractivity contribution is -0.130. The van der Waals surface area contributed by atoms with Gasteiger partial charge in [0, 0.05) is 20.0 Å². The second-order valence-corrected chi connectivity index (χ2v) is 5.57. The highest BCUT2D eigenvalue weighted by Crippen LogP contribution is 2.28. The summed E-state index contributed by atoms with van der Waals surface area (Å²) >= 11 is 0. The van der Waals surface area contributed by atoms with Crippen LogP contribution < -0.4 is 0 Å². The average Bonchev–Trinajstić information content (AvgIpc) is 2.89. The summed E-state index contributed by atoms with van der Waals surface area (Å²) in [7, 11) is 1.79. The van der Waals surface area contributed by atoms with E-state index in [1.807, 2.05) is 6.07 Å². The predicted molar refractivity (Wildman–Crippen MR) is 74.1 cm³/mol. The fourth-order valence-electron chi connectivity index (χ4n) is 2.81. The van der Waals surface area contributed by atoms with Crippen molar-refractivity contribution in [3.63, 3.8) is 0 Å². The molecule has 0 aromatic heterocycles. The smallest absolute Gasteiger partial charge is 0.222 e. The number of nitrogens with zero attached hydrogens (tertiary/aromatic N) is 1. The molecule has 0 aliphatic heterocycles. The number of benzene rings is 1. The van der Waals surface area contributed by atoms with Crippen LogP contribution in [0.1, 0.15) is 44.1 Å². The van der Waals surface area contributed by atoms with E-state index in [0.717, 1.165) is 17.9 Å². The molecule has 0 atom stereocenters. The third-order valence-corrected chi connectivity index (χ3v) is 3.98. The fourth-order valence-corrected chi connectivity index (χ4v) is 2.81. The maximum absolute atomic E-state index is 13.1. The molecule has 1 saturated carbocycles. The Kier molecular flexibility index (Phi) is 4.94. The van der Waals surface area contributed by atoms with Crippen LogP contribution in [0.4, 0.5) is 4.39 Å². The van der Waals surface area contributed by atoms with Gasteiger partial charge >= 0.3 is 0 Å². The second-order valence-electron chi connectivity index (χ2n) is 5.57. The van der Waals surface area contributed by atoms with Crippen LogP contribution in [0, 0.1) is 11.7 Å². The first-order valence-corrected chi connectivity index (χ1v) is 7.13. The Hall–Kier alpha value is -1.38. The number of halogens is 1. The molecule has 0 radical (unpaired) electrons. The summed E-state index contributed by atoms with van der Waals surface area (Å²) in [5.41, 5.74) is 0.844. The van der Waals surface area contributed by atoms with E-state index in [1.165, 1.54) is 37.8 Å². The highest BCUT2D eigenvalue weighted by atomic mass is 19.1. The van der Waals surface area contributed by atoms with E-state index in [4.69, 9.17) is 0 Å². The van der Waals surface area contributed by atoms with Crippen LogP contribution in [0.5, 0.6) is 0 Å². The third kappa shape index (κ3) is 4.34. The summed E-state index contributed by atoms with van der Waals surface area (Å²) in [6, 6.07) is 6.44. The normalized spacial score (nSPS) is 15.7. The van der Waals surface area contributed by atoms with Crippen molar-refractivity contribution >= 4 is 5.91 Å². The molecule has 0 N–H and O–H groups in total. The van der Waals surface area contributed by atoms with E-state index in [1.54, 1.807) is 18.0 Å². The molecule has 1 aromatic rings. The number of hydrogen-bond donors (Lipinski definition) is 0. The van der Waals surface area contributed by atoms with Crippen molar-refractivity contribution in [3.05, 3.63) is 35.6 Å². The van der Waals surface area contributed by atoms with E-state index in [-0.39, 0.29) is 11.7 Å². The topological polar surface area (TPSA) is 20.3 Å². The molecule has 0 saturated heterocycles. The van der Waals surface area contributed by atoms with Crippen LogP contribution in [0.3, 0.4) is 0 Å². The number of rotatable bonds is 5. The molecule has 2 nitrogen and oxygen atoms in total. The summed E-state index contributed by atoms with van der Waals surface area (Å²) in [6.07, 6.45) is 6.82. The van der Waals surface area contributed by atoms with Crippen LogP contribution in [0.2, 0.25) is 0 Å². The molecule has 1 aliphatic rings. The van der Waals surface area contributed by atoms with Crippen LogP contribution in [-0.2, 0) is 11.3 Å². The minimum atomic E-state index is -0.246. The summed E-state index contributed by atoms with van der Waals surface area (Å²) in [5.74, 6) is 0.659. The summed E-state index contributed by atoms with van der Waals surface area (Å²) in [6.45, 7) is 0.487. The van der Waals surface area contributed by atoms with Gasteiger partial charge in [0.1, 0.15) is 5.82 Å². The van der Waals surface area contributed by atoms with Crippen LogP contribution in [0.15, 0.2) is 24.3 Å². The molecule has 1 aromatic carbocycles. The lowest BCUT2D eigenvalue weighted by atomic mass is 10.0. The van der Waals surface area contributed by atoms with Crippen molar-refractivity contribution < 1.29 is 9.18 Å². The van der Waals surface area contributed by atoms with Gasteiger partial charge in [-0.25, -0.2) is 4.39 Å². The molecule has 2 rings (SSSR count). The van der Waals surface area contributed by atoms with Crippen molar-refractivity contribution in [2.24, 2.45) is 5.92 Å². The standard InChI is InChI=1S/C16H22FNO/c1-18(12-14-7-4-8-15(17)11-14)16(19)10-9-13-5-2-3-6-13/h4,7-8,11,13H,2-3,5-6,9-10,12H2,1H3. The van der Waals surface area contributed by atoms with Crippen molar-refractivity contribution in [3.8, 4) is 0 Å². The van der Waals surface area contributed by atoms with E-state index in [9.17, 15) is 9.18 Å². The molecule has 0 heterocycles. The Balaban J connectivity index is 1.78. The molecular weight excluding hydrogens is 241 g/mol. The summed E-state index contributed by atoms with van der Waals surface area (Å²) in [4.78, 5) is 13.7.